The Kier molecular flexibility index (Phi) is 5.40. The quantitative estimate of drug-likeness (QED) is 0.868. The summed E-state index contributed by atoms with van der Waals surface area (Å²) in [4.78, 5) is 12.3. The molecule has 1 aromatic rings. The number of ether oxygens (including phenoxy) is 1. The van der Waals surface area contributed by atoms with E-state index in [1.54, 1.807) is 0 Å². The first-order chi connectivity index (χ1) is 9.61. The van der Waals surface area contributed by atoms with Crippen molar-refractivity contribution in [3.63, 3.8) is 0 Å². The number of rotatable bonds is 6. The van der Waals surface area contributed by atoms with E-state index >= 15 is 0 Å². The summed E-state index contributed by atoms with van der Waals surface area (Å²) < 4.78 is 5.41. The molecule has 0 aliphatic heterocycles. The molecule has 6 heteroatoms. The molecule has 112 valence electrons. The van der Waals surface area contributed by atoms with Gasteiger partial charge in [-0.15, -0.1) is 0 Å². The van der Waals surface area contributed by atoms with Crippen LogP contribution in [0.2, 0.25) is 5.28 Å². The standard InChI is InChI=1S/C14H23ClN4O/c1-3-9-20-13-18-11(15)17-12(19-13)16-10-14(2)7-5-4-6-8-14/h3-10H2,1-2H3,(H,16,17,18,19). The topological polar surface area (TPSA) is 59.9 Å². The maximum absolute atomic E-state index is 5.90. The molecule has 0 unspecified atom stereocenters. The predicted molar refractivity (Wildman–Crippen MR) is 80.3 cm³/mol. The van der Waals surface area contributed by atoms with Gasteiger partial charge in [-0.05, 0) is 36.3 Å². The summed E-state index contributed by atoms with van der Waals surface area (Å²) in [5.74, 6) is 0.503. The van der Waals surface area contributed by atoms with E-state index in [1.807, 2.05) is 6.92 Å². The van der Waals surface area contributed by atoms with Crippen LogP contribution in [0.1, 0.15) is 52.4 Å². The second-order valence-corrected chi connectivity index (χ2v) is 6.12. The van der Waals surface area contributed by atoms with Crippen LogP contribution in [0, 0.1) is 5.41 Å². The number of hydrogen-bond donors (Lipinski definition) is 1. The minimum Gasteiger partial charge on any atom is -0.463 e. The van der Waals surface area contributed by atoms with Crippen molar-refractivity contribution in [3.05, 3.63) is 5.28 Å². The van der Waals surface area contributed by atoms with Crippen LogP contribution in [-0.2, 0) is 0 Å². The van der Waals surface area contributed by atoms with E-state index in [9.17, 15) is 0 Å². The van der Waals surface area contributed by atoms with Gasteiger partial charge in [-0.1, -0.05) is 33.1 Å². The molecular formula is C14H23ClN4O. The molecule has 1 fully saturated rings. The van der Waals surface area contributed by atoms with E-state index < -0.39 is 0 Å². The summed E-state index contributed by atoms with van der Waals surface area (Å²) >= 11 is 5.90. The van der Waals surface area contributed by atoms with Gasteiger partial charge in [0.25, 0.3) is 0 Å². The van der Waals surface area contributed by atoms with Gasteiger partial charge < -0.3 is 10.1 Å². The molecule has 0 saturated heterocycles. The van der Waals surface area contributed by atoms with E-state index in [2.05, 4.69) is 27.2 Å². The third kappa shape index (κ3) is 4.47. The fourth-order valence-corrected chi connectivity index (χ4v) is 2.70. The molecule has 0 spiro atoms. The number of hydrogen-bond acceptors (Lipinski definition) is 5. The first kappa shape index (κ1) is 15.3. The lowest BCUT2D eigenvalue weighted by molar-refractivity contribution is 0.232. The molecule has 1 aliphatic carbocycles. The lowest BCUT2D eigenvalue weighted by atomic mass is 9.76. The molecule has 20 heavy (non-hydrogen) atoms. The average Bonchev–Trinajstić information content (AvgIpc) is 2.43. The Morgan fingerprint density at radius 3 is 2.65 bits per heavy atom. The molecule has 1 aromatic heterocycles. The summed E-state index contributed by atoms with van der Waals surface area (Å²) in [5, 5.41) is 3.45. The van der Waals surface area contributed by atoms with Crippen LogP contribution in [-0.4, -0.2) is 28.1 Å². The van der Waals surface area contributed by atoms with Crippen LogP contribution >= 0.6 is 11.6 Å². The van der Waals surface area contributed by atoms with Crippen LogP contribution in [0.25, 0.3) is 0 Å². The van der Waals surface area contributed by atoms with Crippen LogP contribution in [0.5, 0.6) is 6.01 Å². The number of nitrogens with one attached hydrogen (secondary N) is 1. The Morgan fingerprint density at radius 1 is 1.20 bits per heavy atom. The zero-order chi connectivity index (χ0) is 14.4. The van der Waals surface area contributed by atoms with Gasteiger partial charge in [-0.25, -0.2) is 0 Å². The lowest BCUT2D eigenvalue weighted by Crippen LogP contribution is -2.29. The van der Waals surface area contributed by atoms with Gasteiger partial charge in [0, 0.05) is 6.54 Å². The fourth-order valence-electron chi connectivity index (χ4n) is 2.54. The predicted octanol–water partition coefficient (Wildman–Crippen LogP) is 3.70. The largest absolute Gasteiger partial charge is 0.463 e. The first-order valence-corrected chi connectivity index (χ1v) is 7.77. The number of aromatic nitrogens is 3. The molecule has 1 N–H and O–H groups in total. The molecule has 0 radical (unpaired) electrons. The van der Waals surface area contributed by atoms with E-state index in [0.717, 1.165) is 13.0 Å². The van der Waals surface area contributed by atoms with Crippen molar-refractivity contribution in [2.24, 2.45) is 5.41 Å². The summed E-state index contributed by atoms with van der Waals surface area (Å²) in [6, 6.07) is 0.295. The van der Waals surface area contributed by atoms with Crippen molar-refractivity contribution >= 4 is 17.5 Å². The maximum atomic E-state index is 5.90. The minimum atomic E-state index is 0.169. The molecule has 0 bridgehead atoms. The van der Waals surface area contributed by atoms with E-state index in [1.165, 1.54) is 32.1 Å². The van der Waals surface area contributed by atoms with Gasteiger partial charge in [0.05, 0.1) is 6.61 Å². The fraction of sp³-hybridized carbons (Fsp3) is 0.786. The van der Waals surface area contributed by atoms with Crippen molar-refractivity contribution in [1.82, 2.24) is 15.0 Å². The highest BCUT2D eigenvalue weighted by Crippen LogP contribution is 2.35. The molecular weight excluding hydrogens is 276 g/mol. The second kappa shape index (κ2) is 7.07. The van der Waals surface area contributed by atoms with E-state index in [0.29, 0.717) is 24.0 Å². The Labute approximate surface area is 125 Å². The maximum Gasteiger partial charge on any atom is 0.322 e. The number of halogens is 1. The minimum absolute atomic E-state index is 0.169. The summed E-state index contributed by atoms with van der Waals surface area (Å²) in [6.07, 6.45) is 7.37. The third-order valence-corrected chi connectivity index (χ3v) is 3.93. The third-order valence-electron chi connectivity index (χ3n) is 3.76. The molecule has 1 saturated carbocycles. The Bertz CT molecular complexity index is 435. The molecule has 1 heterocycles. The highest BCUT2D eigenvalue weighted by molar-refractivity contribution is 6.28. The molecule has 5 nitrogen and oxygen atoms in total. The zero-order valence-corrected chi connectivity index (χ0v) is 13.0. The Hall–Kier alpha value is -1.10. The highest BCUT2D eigenvalue weighted by Gasteiger charge is 2.26. The summed E-state index contributed by atoms with van der Waals surface area (Å²) in [5.41, 5.74) is 0.321. The van der Waals surface area contributed by atoms with Gasteiger partial charge in [0.2, 0.25) is 11.2 Å². The van der Waals surface area contributed by atoms with E-state index in [4.69, 9.17) is 16.3 Å². The Morgan fingerprint density at radius 2 is 1.95 bits per heavy atom. The van der Waals surface area contributed by atoms with Crippen molar-refractivity contribution in [2.75, 3.05) is 18.5 Å². The van der Waals surface area contributed by atoms with Crippen molar-refractivity contribution < 1.29 is 4.74 Å². The number of nitrogens with zero attached hydrogens (tertiary/aromatic N) is 3. The zero-order valence-electron chi connectivity index (χ0n) is 12.3. The monoisotopic (exact) mass is 298 g/mol. The molecule has 0 amide bonds. The van der Waals surface area contributed by atoms with Crippen LogP contribution in [0.4, 0.5) is 5.95 Å². The van der Waals surface area contributed by atoms with E-state index in [-0.39, 0.29) is 5.28 Å². The van der Waals surface area contributed by atoms with Crippen molar-refractivity contribution in [3.8, 4) is 6.01 Å². The normalized spacial score (nSPS) is 17.8. The van der Waals surface area contributed by atoms with Crippen molar-refractivity contribution in [1.29, 1.82) is 0 Å². The van der Waals surface area contributed by atoms with Crippen LogP contribution < -0.4 is 10.1 Å². The number of anilines is 1. The second-order valence-electron chi connectivity index (χ2n) is 5.78. The SMILES string of the molecule is CCCOc1nc(Cl)nc(NCC2(C)CCCCC2)n1. The van der Waals surface area contributed by atoms with Gasteiger partial charge >= 0.3 is 6.01 Å². The van der Waals surface area contributed by atoms with Crippen molar-refractivity contribution in [2.45, 2.75) is 52.4 Å². The van der Waals surface area contributed by atoms with Crippen LogP contribution in [0.3, 0.4) is 0 Å². The van der Waals surface area contributed by atoms with Gasteiger partial charge in [0.15, 0.2) is 0 Å². The highest BCUT2D eigenvalue weighted by atomic mass is 35.5. The first-order valence-electron chi connectivity index (χ1n) is 7.39. The Balaban J connectivity index is 1.96. The van der Waals surface area contributed by atoms with Gasteiger partial charge in [0.1, 0.15) is 0 Å². The molecule has 0 aromatic carbocycles. The smallest absolute Gasteiger partial charge is 0.322 e. The summed E-state index contributed by atoms with van der Waals surface area (Å²) in [7, 11) is 0. The van der Waals surface area contributed by atoms with Gasteiger partial charge in [-0.3, -0.25) is 0 Å². The molecule has 2 rings (SSSR count). The average molecular weight is 299 g/mol. The lowest BCUT2D eigenvalue weighted by Gasteiger charge is -2.33. The molecule has 1 aliphatic rings. The van der Waals surface area contributed by atoms with Crippen LogP contribution in [0.15, 0.2) is 0 Å². The van der Waals surface area contributed by atoms with Gasteiger partial charge in [-0.2, -0.15) is 15.0 Å². The summed E-state index contributed by atoms with van der Waals surface area (Å²) in [6.45, 7) is 5.79. The molecule has 0 atom stereocenters.